The number of hydrogen-bond acceptors (Lipinski definition) is 2. The fraction of sp³-hybridized carbons (Fsp3) is 0.619. The average Bonchev–Trinajstić information content (AvgIpc) is 2.58. The van der Waals surface area contributed by atoms with Crippen LogP contribution in [0.15, 0.2) is 24.3 Å². The summed E-state index contributed by atoms with van der Waals surface area (Å²) in [6.07, 6.45) is 8.00. The lowest BCUT2D eigenvalue weighted by Crippen LogP contribution is -2.52. The van der Waals surface area contributed by atoms with Crippen LogP contribution in [0.4, 0.5) is 4.39 Å². The quantitative estimate of drug-likeness (QED) is 0.855. The van der Waals surface area contributed by atoms with Gasteiger partial charge in [-0.05, 0) is 30.9 Å². The molecule has 4 nitrogen and oxygen atoms in total. The van der Waals surface area contributed by atoms with Crippen molar-refractivity contribution < 1.29 is 14.0 Å². The Morgan fingerprint density at radius 2 is 1.65 bits per heavy atom. The maximum Gasteiger partial charge on any atom is 0.254 e. The first kappa shape index (κ1) is 20.4. The van der Waals surface area contributed by atoms with Gasteiger partial charge in [0.05, 0.1) is 5.56 Å². The van der Waals surface area contributed by atoms with Gasteiger partial charge >= 0.3 is 0 Å². The van der Waals surface area contributed by atoms with Crippen molar-refractivity contribution in [3.63, 3.8) is 0 Å². The zero-order valence-electron chi connectivity index (χ0n) is 16.1. The van der Waals surface area contributed by atoms with Crippen LogP contribution in [0.3, 0.4) is 0 Å². The predicted molar refractivity (Wildman–Crippen MR) is 101 cm³/mol. The molecule has 0 spiro atoms. The van der Waals surface area contributed by atoms with Crippen molar-refractivity contribution in [2.75, 3.05) is 7.05 Å². The number of likely N-dealkylation sites (N-methyl/N-ethyl adjacent to an activating group) is 1. The summed E-state index contributed by atoms with van der Waals surface area (Å²) in [5.74, 6) is -1.28. The van der Waals surface area contributed by atoms with Crippen molar-refractivity contribution in [3.05, 3.63) is 35.6 Å². The van der Waals surface area contributed by atoms with Crippen LogP contribution in [-0.2, 0) is 4.79 Å². The Bertz CT molecular complexity index is 610. The highest BCUT2D eigenvalue weighted by atomic mass is 19.1. The second kappa shape index (κ2) is 9.70. The Labute approximate surface area is 156 Å². The van der Waals surface area contributed by atoms with E-state index >= 15 is 0 Å². The SMILES string of the molecule is CC(C)C(NC(=O)c1ccccc1F)C(=O)N(C)C1CCCCCCC1. The average molecular weight is 362 g/mol. The van der Waals surface area contributed by atoms with Gasteiger partial charge in [0.1, 0.15) is 11.9 Å². The summed E-state index contributed by atoms with van der Waals surface area (Å²) >= 11 is 0. The number of rotatable bonds is 5. The lowest BCUT2D eigenvalue weighted by atomic mass is 9.94. The number of nitrogens with zero attached hydrogens (tertiary/aromatic N) is 1. The molecule has 1 aromatic rings. The lowest BCUT2D eigenvalue weighted by molar-refractivity contribution is -0.135. The molecule has 1 fully saturated rings. The van der Waals surface area contributed by atoms with Gasteiger partial charge in [0, 0.05) is 13.1 Å². The van der Waals surface area contributed by atoms with Gasteiger partial charge in [-0.1, -0.05) is 58.1 Å². The third-order valence-corrected chi connectivity index (χ3v) is 5.31. The molecule has 144 valence electrons. The fourth-order valence-electron chi connectivity index (χ4n) is 3.60. The molecular formula is C21H31FN2O2. The maximum absolute atomic E-state index is 13.9. The van der Waals surface area contributed by atoms with Crippen LogP contribution in [0.5, 0.6) is 0 Å². The largest absolute Gasteiger partial charge is 0.341 e. The monoisotopic (exact) mass is 362 g/mol. The van der Waals surface area contributed by atoms with E-state index < -0.39 is 17.8 Å². The number of halogens is 1. The Morgan fingerprint density at radius 3 is 2.23 bits per heavy atom. The summed E-state index contributed by atoms with van der Waals surface area (Å²) in [4.78, 5) is 27.3. The molecule has 0 aromatic heterocycles. The van der Waals surface area contributed by atoms with E-state index in [9.17, 15) is 14.0 Å². The minimum Gasteiger partial charge on any atom is -0.341 e. The number of hydrogen-bond donors (Lipinski definition) is 1. The molecule has 0 heterocycles. The van der Waals surface area contributed by atoms with Crippen LogP contribution in [-0.4, -0.2) is 35.8 Å². The molecule has 1 unspecified atom stereocenters. The van der Waals surface area contributed by atoms with Gasteiger partial charge < -0.3 is 10.2 Å². The van der Waals surface area contributed by atoms with Crippen molar-refractivity contribution in [2.24, 2.45) is 5.92 Å². The van der Waals surface area contributed by atoms with Crippen molar-refractivity contribution >= 4 is 11.8 Å². The highest BCUT2D eigenvalue weighted by Gasteiger charge is 2.31. The van der Waals surface area contributed by atoms with Crippen LogP contribution in [0.25, 0.3) is 0 Å². The van der Waals surface area contributed by atoms with Crippen molar-refractivity contribution in [3.8, 4) is 0 Å². The molecule has 1 saturated carbocycles. The molecule has 1 atom stereocenters. The minimum absolute atomic E-state index is 0.0282. The van der Waals surface area contributed by atoms with Gasteiger partial charge in [0.25, 0.3) is 5.91 Å². The van der Waals surface area contributed by atoms with Crippen molar-refractivity contribution in [2.45, 2.75) is 70.9 Å². The first-order valence-corrected chi connectivity index (χ1v) is 9.74. The Morgan fingerprint density at radius 1 is 1.08 bits per heavy atom. The van der Waals surface area contributed by atoms with E-state index in [1.165, 1.54) is 31.4 Å². The van der Waals surface area contributed by atoms with E-state index in [1.807, 2.05) is 20.9 Å². The van der Waals surface area contributed by atoms with E-state index in [0.717, 1.165) is 25.7 Å². The molecule has 1 aromatic carbocycles. The predicted octanol–water partition coefficient (Wildman–Crippen LogP) is 4.15. The van der Waals surface area contributed by atoms with Crippen LogP contribution < -0.4 is 5.32 Å². The van der Waals surface area contributed by atoms with Gasteiger partial charge in [0.2, 0.25) is 5.91 Å². The highest BCUT2D eigenvalue weighted by molar-refractivity contribution is 5.97. The van der Waals surface area contributed by atoms with Gasteiger partial charge in [0.15, 0.2) is 0 Å². The van der Waals surface area contributed by atoms with Crippen LogP contribution >= 0.6 is 0 Å². The van der Waals surface area contributed by atoms with Crippen molar-refractivity contribution in [1.29, 1.82) is 0 Å². The number of benzene rings is 1. The molecule has 2 rings (SSSR count). The summed E-state index contributed by atoms with van der Waals surface area (Å²) in [5, 5.41) is 2.75. The Kier molecular flexibility index (Phi) is 7.61. The van der Waals surface area contributed by atoms with Crippen molar-refractivity contribution in [1.82, 2.24) is 10.2 Å². The maximum atomic E-state index is 13.9. The number of nitrogens with one attached hydrogen (secondary N) is 1. The molecule has 0 radical (unpaired) electrons. The number of amides is 2. The molecule has 1 aliphatic carbocycles. The molecule has 0 aliphatic heterocycles. The van der Waals surface area contributed by atoms with Gasteiger partial charge in [-0.2, -0.15) is 0 Å². The standard InChI is InChI=1S/C21H31FN2O2/c1-15(2)19(23-20(25)17-13-9-10-14-18(17)22)21(26)24(3)16-11-7-5-4-6-8-12-16/h9-10,13-16,19H,4-8,11-12H2,1-3H3,(H,23,25). The third kappa shape index (κ3) is 5.29. The first-order chi connectivity index (χ1) is 12.4. The van der Waals surface area contributed by atoms with E-state index in [-0.39, 0.29) is 23.4 Å². The molecule has 1 aliphatic rings. The molecule has 0 bridgehead atoms. The molecule has 26 heavy (non-hydrogen) atoms. The summed E-state index contributed by atoms with van der Waals surface area (Å²) < 4.78 is 13.9. The fourth-order valence-corrected chi connectivity index (χ4v) is 3.60. The lowest BCUT2D eigenvalue weighted by Gasteiger charge is -2.34. The molecular weight excluding hydrogens is 331 g/mol. The second-order valence-electron chi connectivity index (χ2n) is 7.62. The zero-order valence-corrected chi connectivity index (χ0v) is 16.1. The highest BCUT2D eigenvalue weighted by Crippen LogP contribution is 2.22. The van der Waals surface area contributed by atoms with Crippen LogP contribution in [0.2, 0.25) is 0 Å². The smallest absolute Gasteiger partial charge is 0.254 e. The first-order valence-electron chi connectivity index (χ1n) is 9.74. The minimum atomic E-state index is -0.655. The molecule has 0 saturated heterocycles. The number of carbonyl (C=O) groups excluding carboxylic acids is 2. The van der Waals surface area contributed by atoms with Gasteiger partial charge in [-0.15, -0.1) is 0 Å². The zero-order chi connectivity index (χ0) is 19.1. The normalized spacial score (nSPS) is 17.3. The van der Waals surface area contributed by atoms with E-state index in [2.05, 4.69) is 5.32 Å². The van der Waals surface area contributed by atoms with Gasteiger partial charge in [-0.3, -0.25) is 9.59 Å². The Hall–Kier alpha value is -1.91. The Balaban J connectivity index is 2.08. The van der Waals surface area contributed by atoms with Gasteiger partial charge in [-0.25, -0.2) is 4.39 Å². The van der Waals surface area contributed by atoms with E-state index in [0.29, 0.717) is 0 Å². The summed E-state index contributed by atoms with van der Waals surface area (Å²) in [6.45, 7) is 3.80. The van der Waals surface area contributed by atoms with Crippen LogP contribution in [0, 0.1) is 11.7 Å². The topological polar surface area (TPSA) is 49.4 Å². The third-order valence-electron chi connectivity index (χ3n) is 5.31. The summed E-state index contributed by atoms with van der Waals surface area (Å²) in [6, 6.07) is 5.41. The summed E-state index contributed by atoms with van der Waals surface area (Å²) in [7, 11) is 1.83. The number of carbonyl (C=O) groups is 2. The molecule has 1 N–H and O–H groups in total. The molecule has 5 heteroatoms. The van der Waals surface area contributed by atoms with E-state index in [1.54, 1.807) is 17.0 Å². The molecule has 2 amide bonds. The second-order valence-corrected chi connectivity index (χ2v) is 7.62. The summed E-state index contributed by atoms with van der Waals surface area (Å²) in [5.41, 5.74) is -0.0282. The van der Waals surface area contributed by atoms with E-state index in [4.69, 9.17) is 0 Å². The van der Waals surface area contributed by atoms with Crippen LogP contribution in [0.1, 0.15) is 69.2 Å².